The molecule has 0 radical (unpaired) electrons. The van der Waals surface area contributed by atoms with E-state index >= 15 is 0 Å². The first-order valence-electron chi connectivity index (χ1n) is 5.50. The maximum atomic E-state index is 11.8. The molecule has 1 amide bonds. The third kappa shape index (κ3) is 2.28. The van der Waals surface area contributed by atoms with E-state index < -0.39 is 5.76 Å². The maximum Gasteiger partial charge on any atom is 0.419 e. The van der Waals surface area contributed by atoms with E-state index in [0.717, 1.165) is 0 Å². The lowest BCUT2D eigenvalue weighted by atomic mass is 10.2. The van der Waals surface area contributed by atoms with Crippen LogP contribution in [0.5, 0.6) is 0 Å². The van der Waals surface area contributed by atoms with Crippen molar-refractivity contribution in [3.8, 4) is 0 Å². The van der Waals surface area contributed by atoms with Crippen LogP contribution >= 0.6 is 0 Å². The van der Waals surface area contributed by atoms with Crippen molar-refractivity contribution < 1.29 is 13.9 Å². The molecule has 2 aromatic rings. The minimum atomic E-state index is -0.443. The number of ether oxygens (including phenoxy) is 1. The number of methoxy groups -OCH3 is 1. The molecule has 6 nitrogen and oxygen atoms in total. The number of hydrogen-bond donors (Lipinski definition) is 1. The van der Waals surface area contributed by atoms with Gasteiger partial charge in [0.25, 0.3) is 5.91 Å². The average molecular weight is 250 g/mol. The fraction of sp³-hybridized carbons (Fsp3) is 0.333. The predicted molar refractivity (Wildman–Crippen MR) is 65.7 cm³/mol. The quantitative estimate of drug-likeness (QED) is 0.802. The Labute approximate surface area is 103 Å². The molecule has 0 bridgehead atoms. The summed E-state index contributed by atoms with van der Waals surface area (Å²) < 4.78 is 11.2. The number of amides is 1. The Morgan fingerprint density at radius 2 is 2.28 bits per heavy atom. The van der Waals surface area contributed by atoms with E-state index in [4.69, 9.17) is 9.15 Å². The molecule has 0 aliphatic carbocycles. The molecule has 2 rings (SSSR count). The fourth-order valence-electron chi connectivity index (χ4n) is 1.64. The highest BCUT2D eigenvalue weighted by molar-refractivity contribution is 5.97. The van der Waals surface area contributed by atoms with E-state index in [-0.39, 0.29) is 5.91 Å². The van der Waals surface area contributed by atoms with E-state index in [1.54, 1.807) is 32.4 Å². The standard InChI is InChI=1S/C12H14N2O4/c1-14-9-4-3-8(7-10(9)18-12(14)16)11(15)13-5-6-17-2/h3-4,7H,5-6H2,1-2H3,(H,13,15). The van der Waals surface area contributed by atoms with Gasteiger partial charge in [-0.2, -0.15) is 0 Å². The zero-order valence-electron chi connectivity index (χ0n) is 10.2. The Hall–Kier alpha value is -2.08. The second kappa shape index (κ2) is 5.05. The minimum absolute atomic E-state index is 0.222. The van der Waals surface area contributed by atoms with Crippen molar-refractivity contribution in [3.63, 3.8) is 0 Å². The second-order valence-electron chi connectivity index (χ2n) is 3.86. The van der Waals surface area contributed by atoms with E-state index in [1.165, 1.54) is 4.57 Å². The van der Waals surface area contributed by atoms with Crippen LogP contribution in [0.15, 0.2) is 27.4 Å². The van der Waals surface area contributed by atoms with Gasteiger partial charge in [-0.05, 0) is 18.2 Å². The average Bonchev–Trinajstić information content (AvgIpc) is 2.65. The summed E-state index contributed by atoms with van der Waals surface area (Å²) in [6.07, 6.45) is 0. The topological polar surface area (TPSA) is 73.5 Å². The van der Waals surface area contributed by atoms with Crippen molar-refractivity contribution in [1.29, 1.82) is 0 Å². The van der Waals surface area contributed by atoms with Gasteiger partial charge in [-0.15, -0.1) is 0 Å². The molecule has 96 valence electrons. The normalized spacial score (nSPS) is 10.8. The van der Waals surface area contributed by atoms with Crippen LogP contribution in [0.3, 0.4) is 0 Å². The Morgan fingerprint density at radius 3 is 3.00 bits per heavy atom. The lowest BCUT2D eigenvalue weighted by molar-refractivity contribution is 0.0937. The van der Waals surface area contributed by atoms with Gasteiger partial charge in [0, 0.05) is 26.3 Å². The van der Waals surface area contributed by atoms with Crippen LogP contribution in [-0.4, -0.2) is 30.7 Å². The van der Waals surface area contributed by atoms with Crippen LogP contribution in [0, 0.1) is 0 Å². The number of benzene rings is 1. The number of carbonyl (C=O) groups excluding carboxylic acids is 1. The highest BCUT2D eigenvalue weighted by atomic mass is 16.5. The summed E-state index contributed by atoms with van der Waals surface area (Å²) in [4.78, 5) is 23.1. The first kappa shape index (κ1) is 12.4. The van der Waals surface area contributed by atoms with Gasteiger partial charge in [-0.3, -0.25) is 9.36 Å². The molecule has 0 spiro atoms. The molecular weight excluding hydrogens is 236 g/mol. The lowest BCUT2D eigenvalue weighted by Crippen LogP contribution is -2.26. The van der Waals surface area contributed by atoms with Crippen LogP contribution in [0.25, 0.3) is 11.1 Å². The summed E-state index contributed by atoms with van der Waals surface area (Å²) in [7, 11) is 3.18. The van der Waals surface area contributed by atoms with Gasteiger partial charge in [0.05, 0.1) is 12.1 Å². The summed E-state index contributed by atoms with van der Waals surface area (Å²) in [5, 5.41) is 2.70. The van der Waals surface area contributed by atoms with E-state index in [2.05, 4.69) is 5.32 Å². The number of hydrogen-bond acceptors (Lipinski definition) is 4. The van der Waals surface area contributed by atoms with Gasteiger partial charge in [0.2, 0.25) is 0 Å². The summed E-state index contributed by atoms with van der Waals surface area (Å²) in [5.41, 5.74) is 1.52. The summed E-state index contributed by atoms with van der Waals surface area (Å²) in [5.74, 6) is -0.664. The van der Waals surface area contributed by atoms with Crippen molar-refractivity contribution in [2.75, 3.05) is 20.3 Å². The summed E-state index contributed by atoms with van der Waals surface area (Å²) in [6, 6.07) is 4.89. The number of nitrogens with zero attached hydrogens (tertiary/aromatic N) is 1. The minimum Gasteiger partial charge on any atom is -0.408 e. The number of rotatable bonds is 4. The molecule has 0 atom stereocenters. The molecule has 1 heterocycles. The van der Waals surface area contributed by atoms with E-state index in [1.807, 2.05) is 0 Å². The molecule has 1 aromatic carbocycles. The lowest BCUT2D eigenvalue weighted by Gasteiger charge is -2.04. The molecule has 18 heavy (non-hydrogen) atoms. The van der Waals surface area contributed by atoms with Crippen molar-refractivity contribution in [3.05, 3.63) is 34.3 Å². The molecular formula is C12H14N2O4. The number of aromatic nitrogens is 1. The van der Waals surface area contributed by atoms with E-state index in [9.17, 15) is 9.59 Å². The number of oxazole rings is 1. The number of nitrogens with one attached hydrogen (secondary N) is 1. The number of carbonyl (C=O) groups is 1. The van der Waals surface area contributed by atoms with Crippen molar-refractivity contribution in [1.82, 2.24) is 9.88 Å². The SMILES string of the molecule is COCCNC(=O)c1ccc2c(c1)oc(=O)n2C. The van der Waals surface area contributed by atoms with Crippen molar-refractivity contribution >= 4 is 17.0 Å². The van der Waals surface area contributed by atoms with Crippen LogP contribution in [0.1, 0.15) is 10.4 Å². The maximum absolute atomic E-state index is 11.8. The van der Waals surface area contributed by atoms with Crippen LogP contribution in [-0.2, 0) is 11.8 Å². The molecule has 0 unspecified atom stereocenters. The Morgan fingerprint density at radius 1 is 1.50 bits per heavy atom. The van der Waals surface area contributed by atoms with Gasteiger partial charge in [-0.25, -0.2) is 4.79 Å². The molecule has 0 aliphatic rings. The monoisotopic (exact) mass is 250 g/mol. The van der Waals surface area contributed by atoms with Crippen molar-refractivity contribution in [2.45, 2.75) is 0 Å². The highest BCUT2D eigenvalue weighted by Gasteiger charge is 2.10. The smallest absolute Gasteiger partial charge is 0.408 e. The summed E-state index contributed by atoms with van der Waals surface area (Å²) >= 11 is 0. The summed E-state index contributed by atoms with van der Waals surface area (Å²) in [6.45, 7) is 0.889. The van der Waals surface area contributed by atoms with E-state index in [0.29, 0.717) is 29.8 Å². The fourth-order valence-corrected chi connectivity index (χ4v) is 1.64. The van der Waals surface area contributed by atoms with Crippen LogP contribution in [0.2, 0.25) is 0 Å². The zero-order chi connectivity index (χ0) is 13.1. The molecule has 0 fully saturated rings. The van der Waals surface area contributed by atoms with Gasteiger partial charge >= 0.3 is 5.76 Å². The Balaban J connectivity index is 2.24. The Bertz CT molecular complexity index is 627. The first-order valence-corrected chi connectivity index (χ1v) is 5.50. The third-order valence-electron chi connectivity index (χ3n) is 2.65. The molecule has 0 saturated carbocycles. The molecule has 1 N–H and O–H groups in total. The van der Waals surface area contributed by atoms with Gasteiger partial charge < -0.3 is 14.5 Å². The predicted octanol–water partition coefficient (Wildman–Crippen LogP) is 0.508. The largest absolute Gasteiger partial charge is 0.419 e. The third-order valence-corrected chi connectivity index (χ3v) is 2.65. The highest BCUT2D eigenvalue weighted by Crippen LogP contribution is 2.14. The second-order valence-corrected chi connectivity index (χ2v) is 3.86. The van der Waals surface area contributed by atoms with Crippen LogP contribution in [0.4, 0.5) is 0 Å². The molecule has 0 saturated heterocycles. The van der Waals surface area contributed by atoms with Gasteiger partial charge in [0.15, 0.2) is 5.58 Å². The van der Waals surface area contributed by atoms with Gasteiger partial charge in [-0.1, -0.05) is 0 Å². The molecule has 0 aliphatic heterocycles. The zero-order valence-corrected chi connectivity index (χ0v) is 10.2. The molecule has 1 aromatic heterocycles. The number of fused-ring (bicyclic) bond motifs is 1. The van der Waals surface area contributed by atoms with Crippen LogP contribution < -0.4 is 11.1 Å². The first-order chi connectivity index (χ1) is 8.63. The van der Waals surface area contributed by atoms with Gasteiger partial charge in [0.1, 0.15) is 0 Å². The number of aryl methyl sites for hydroxylation is 1. The Kier molecular flexibility index (Phi) is 3.47. The van der Waals surface area contributed by atoms with Crippen molar-refractivity contribution in [2.24, 2.45) is 7.05 Å². The molecule has 6 heteroatoms.